The molecule has 23 heavy (non-hydrogen) atoms. The summed E-state index contributed by atoms with van der Waals surface area (Å²) in [5.74, 6) is 0.670. The van der Waals surface area contributed by atoms with Crippen molar-refractivity contribution < 1.29 is 4.79 Å². The lowest BCUT2D eigenvalue weighted by Crippen LogP contribution is -2.39. The molecule has 1 amide bonds. The molecule has 3 aliphatic rings. The fourth-order valence-electron chi connectivity index (χ4n) is 4.17. The van der Waals surface area contributed by atoms with Crippen LogP contribution in [0.2, 0.25) is 0 Å². The number of aromatic nitrogens is 1. The number of carbonyl (C=O) groups excluding carboxylic acids is 1. The van der Waals surface area contributed by atoms with Crippen molar-refractivity contribution in [3.05, 3.63) is 29.5 Å². The van der Waals surface area contributed by atoms with Gasteiger partial charge in [0.1, 0.15) is 0 Å². The van der Waals surface area contributed by atoms with Crippen molar-refractivity contribution >= 4 is 22.5 Å². The first-order valence-corrected chi connectivity index (χ1v) is 8.56. The number of aryl methyl sites for hydroxylation is 1. The number of rotatable bonds is 4. The van der Waals surface area contributed by atoms with Crippen LogP contribution in [0.1, 0.15) is 41.2 Å². The summed E-state index contributed by atoms with van der Waals surface area (Å²) in [6, 6.07) is 6.08. The van der Waals surface area contributed by atoms with Gasteiger partial charge in [0.05, 0.1) is 11.2 Å². The lowest BCUT2D eigenvalue weighted by Gasteiger charge is -2.41. The van der Waals surface area contributed by atoms with Crippen LogP contribution in [-0.4, -0.2) is 36.7 Å². The number of amides is 1. The van der Waals surface area contributed by atoms with Gasteiger partial charge in [-0.3, -0.25) is 4.79 Å². The predicted molar refractivity (Wildman–Crippen MR) is 93.1 cm³/mol. The summed E-state index contributed by atoms with van der Waals surface area (Å²) in [5, 5.41) is 4.17. The zero-order valence-corrected chi connectivity index (χ0v) is 13.6. The molecule has 5 heteroatoms. The number of anilines is 1. The maximum absolute atomic E-state index is 12.3. The fraction of sp³-hybridized carbons (Fsp3) is 0.500. The molecule has 0 radical (unpaired) electrons. The van der Waals surface area contributed by atoms with Gasteiger partial charge in [-0.15, -0.1) is 0 Å². The Morgan fingerprint density at radius 1 is 1.35 bits per heavy atom. The van der Waals surface area contributed by atoms with E-state index in [0.717, 1.165) is 25.1 Å². The van der Waals surface area contributed by atoms with Crippen LogP contribution in [0.5, 0.6) is 0 Å². The van der Waals surface area contributed by atoms with Crippen molar-refractivity contribution in [1.82, 2.24) is 9.88 Å². The van der Waals surface area contributed by atoms with Crippen LogP contribution in [-0.2, 0) is 7.05 Å². The zero-order valence-electron chi connectivity index (χ0n) is 13.6. The van der Waals surface area contributed by atoms with E-state index in [1.165, 1.54) is 35.1 Å². The van der Waals surface area contributed by atoms with Crippen molar-refractivity contribution in [1.29, 1.82) is 0 Å². The minimum atomic E-state index is -0.00563. The van der Waals surface area contributed by atoms with Crippen molar-refractivity contribution in [3.63, 3.8) is 0 Å². The van der Waals surface area contributed by atoms with Crippen molar-refractivity contribution in [2.75, 3.05) is 31.1 Å². The molecule has 0 aliphatic carbocycles. The molecular weight excluding hydrogens is 288 g/mol. The first-order valence-electron chi connectivity index (χ1n) is 8.56. The maximum Gasteiger partial charge on any atom is 0.251 e. The predicted octanol–water partition coefficient (Wildman–Crippen LogP) is 1.95. The third-order valence-corrected chi connectivity index (χ3v) is 5.34. The number of fused-ring (bicyclic) bond motifs is 3. The quantitative estimate of drug-likeness (QED) is 0.848. The number of carbonyl (C=O) groups is 1. The Balaban J connectivity index is 1.75. The SMILES string of the molecule is Cn1c2c(c3cc(C(=O)NCCCN)ccc31)N1CCC2CC1. The number of nitrogens with one attached hydrogen (secondary N) is 1. The maximum atomic E-state index is 12.3. The van der Waals surface area contributed by atoms with E-state index in [9.17, 15) is 4.79 Å². The average molecular weight is 312 g/mol. The summed E-state index contributed by atoms with van der Waals surface area (Å²) in [7, 11) is 2.16. The smallest absolute Gasteiger partial charge is 0.251 e. The normalized spacial score (nSPS) is 16.9. The highest BCUT2D eigenvalue weighted by Gasteiger charge is 2.35. The van der Waals surface area contributed by atoms with Gasteiger partial charge in [-0.05, 0) is 44.0 Å². The Bertz CT molecular complexity index is 756. The first kappa shape index (κ1) is 14.6. The van der Waals surface area contributed by atoms with Crippen molar-refractivity contribution in [2.45, 2.75) is 25.2 Å². The highest BCUT2D eigenvalue weighted by Crippen LogP contribution is 2.47. The molecule has 1 fully saturated rings. The van der Waals surface area contributed by atoms with Gasteiger partial charge in [-0.25, -0.2) is 0 Å². The molecule has 3 aliphatic heterocycles. The van der Waals surface area contributed by atoms with Crippen LogP contribution in [0, 0.1) is 0 Å². The second-order valence-corrected chi connectivity index (χ2v) is 6.68. The van der Waals surface area contributed by atoms with Crippen LogP contribution >= 0.6 is 0 Å². The van der Waals surface area contributed by atoms with Crippen LogP contribution in [0.25, 0.3) is 10.9 Å². The van der Waals surface area contributed by atoms with E-state index >= 15 is 0 Å². The lowest BCUT2D eigenvalue weighted by molar-refractivity contribution is 0.0953. The molecule has 122 valence electrons. The summed E-state index contributed by atoms with van der Waals surface area (Å²) in [6.45, 7) is 3.52. The molecule has 0 spiro atoms. The van der Waals surface area contributed by atoms with E-state index in [1.807, 2.05) is 6.07 Å². The van der Waals surface area contributed by atoms with Crippen LogP contribution in [0.4, 0.5) is 5.69 Å². The first-order chi connectivity index (χ1) is 11.2. The van der Waals surface area contributed by atoms with E-state index < -0.39 is 0 Å². The molecule has 0 unspecified atom stereocenters. The van der Waals surface area contributed by atoms with Gasteiger partial charge < -0.3 is 20.5 Å². The molecule has 5 rings (SSSR count). The monoisotopic (exact) mass is 312 g/mol. The molecule has 2 bridgehead atoms. The summed E-state index contributed by atoms with van der Waals surface area (Å²) in [5.41, 5.74) is 10.3. The molecule has 0 atom stereocenters. The number of hydrogen-bond donors (Lipinski definition) is 2. The minimum Gasteiger partial charge on any atom is -0.370 e. The van der Waals surface area contributed by atoms with Gasteiger partial charge in [-0.2, -0.15) is 0 Å². The van der Waals surface area contributed by atoms with E-state index in [1.54, 1.807) is 0 Å². The Labute approximate surface area is 136 Å². The van der Waals surface area contributed by atoms with E-state index in [-0.39, 0.29) is 5.91 Å². The van der Waals surface area contributed by atoms with Gasteiger partial charge >= 0.3 is 0 Å². The fourth-order valence-corrected chi connectivity index (χ4v) is 4.17. The van der Waals surface area contributed by atoms with Crippen molar-refractivity contribution in [2.24, 2.45) is 12.8 Å². The molecule has 0 saturated carbocycles. The lowest BCUT2D eigenvalue weighted by atomic mass is 9.87. The molecule has 3 N–H and O–H groups in total. The molecule has 4 heterocycles. The number of nitrogens with two attached hydrogens (primary N) is 1. The summed E-state index contributed by atoms with van der Waals surface area (Å²) in [4.78, 5) is 14.8. The third kappa shape index (κ3) is 2.22. The van der Waals surface area contributed by atoms with E-state index in [2.05, 4.69) is 34.0 Å². The van der Waals surface area contributed by atoms with Crippen LogP contribution < -0.4 is 16.0 Å². The van der Waals surface area contributed by atoms with Gasteiger partial charge in [0.2, 0.25) is 0 Å². The van der Waals surface area contributed by atoms with Crippen LogP contribution in [0.15, 0.2) is 18.2 Å². The standard InChI is InChI=1S/C18H24N4O/c1-21-15-4-3-13(18(23)20-8-2-7-19)11-14(15)17-16(21)12-5-9-22(17)10-6-12/h3-4,11-12H,2,5-10,19H2,1H3,(H,20,23). The third-order valence-electron chi connectivity index (χ3n) is 5.34. The van der Waals surface area contributed by atoms with Gasteiger partial charge in [-0.1, -0.05) is 0 Å². The van der Waals surface area contributed by atoms with E-state index in [0.29, 0.717) is 19.0 Å². The van der Waals surface area contributed by atoms with Gasteiger partial charge in [0.25, 0.3) is 5.91 Å². The molecule has 1 saturated heterocycles. The van der Waals surface area contributed by atoms with Gasteiger partial charge in [0.15, 0.2) is 0 Å². The number of nitrogens with zero attached hydrogens (tertiary/aromatic N) is 2. The summed E-state index contributed by atoms with van der Waals surface area (Å²) in [6.07, 6.45) is 3.32. The van der Waals surface area contributed by atoms with Crippen LogP contribution in [0.3, 0.4) is 0 Å². The molecular formula is C18H24N4O. The molecule has 1 aromatic carbocycles. The summed E-state index contributed by atoms with van der Waals surface area (Å²) < 4.78 is 2.33. The van der Waals surface area contributed by atoms with Gasteiger partial charge in [0, 0.05) is 49.2 Å². The molecule has 5 nitrogen and oxygen atoms in total. The molecule has 2 aromatic rings. The number of benzene rings is 1. The topological polar surface area (TPSA) is 63.3 Å². The summed E-state index contributed by atoms with van der Waals surface area (Å²) >= 11 is 0. The highest BCUT2D eigenvalue weighted by atomic mass is 16.1. The number of hydrogen-bond acceptors (Lipinski definition) is 3. The number of piperidine rings is 1. The Morgan fingerprint density at radius 3 is 2.87 bits per heavy atom. The highest BCUT2D eigenvalue weighted by molar-refractivity contribution is 6.03. The second-order valence-electron chi connectivity index (χ2n) is 6.68. The largest absolute Gasteiger partial charge is 0.370 e. The minimum absolute atomic E-state index is 0.00563. The Hall–Kier alpha value is -2.01. The Morgan fingerprint density at radius 2 is 2.13 bits per heavy atom. The average Bonchev–Trinajstić information content (AvgIpc) is 2.91. The second kappa shape index (κ2) is 5.57. The Kier molecular flexibility index (Phi) is 3.53. The zero-order chi connectivity index (χ0) is 16.0. The van der Waals surface area contributed by atoms with Crippen molar-refractivity contribution in [3.8, 4) is 0 Å². The molecule has 1 aromatic heterocycles. The van der Waals surface area contributed by atoms with E-state index in [4.69, 9.17) is 5.73 Å².